The molecule has 1 aliphatic carbocycles. The summed E-state index contributed by atoms with van der Waals surface area (Å²) in [6.45, 7) is 1.67. The standard InChI is InChI=1S/C16H21F3N2/c1-20-10-11-8-9-21(12-6-7-12)15(11)13-4-2-3-5-14(13)16(17,18)19/h2-5,11-12,15,20H,6-10H2,1H3. The van der Waals surface area contributed by atoms with Crippen LogP contribution in [-0.4, -0.2) is 31.1 Å². The van der Waals surface area contributed by atoms with Crippen molar-refractivity contribution in [1.29, 1.82) is 0 Å². The van der Waals surface area contributed by atoms with Crippen molar-refractivity contribution < 1.29 is 13.2 Å². The summed E-state index contributed by atoms with van der Waals surface area (Å²) in [5, 5.41) is 3.14. The summed E-state index contributed by atoms with van der Waals surface area (Å²) in [5.74, 6) is 0.249. The highest BCUT2D eigenvalue weighted by molar-refractivity contribution is 5.34. The topological polar surface area (TPSA) is 15.3 Å². The number of halogens is 3. The number of nitrogens with one attached hydrogen (secondary N) is 1. The van der Waals surface area contributed by atoms with E-state index in [2.05, 4.69) is 10.2 Å². The first-order chi connectivity index (χ1) is 10.0. The summed E-state index contributed by atoms with van der Waals surface area (Å²) in [6, 6.07) is 6.47. The summed E-state index contributed by atoms with van der Waals surface area (Å²) < 4.78 is 40.0. The first kappa shape index (κ1) is 14.9. The maximum Gasteiger partial charge on any atom is 0.416 e. The molecule has 0 aromatic heterocycles. The molecule has 0 amide bonds. The van der Waals surface area contributed by atoms with Gasteiger partial charge in [0.25, 0.3) is 0 Å². The van der Waals surface area contributed by atoms with Gasteiger partial charge in [-0.2, -0.15) is 13.2 Å². The van der Waals surface area contributed by atoms with Gasteiger partial charge in [0.05, 0.1) is 5.56 Å². The second kappa shape index (κ2) is 5.61. The van der Waals surface area contributed by atoms with Gasteiger partial charge in [-0.1, -0.05) is 18.2 Å². The summed E-state index contributed by atoms with van der Waals surface area (Å²) in [5.41, 5.74) is -0.0155. The minimum atomic E-state index is -4.28. The van der Waals surface area contributed by atoms with Crippen LogP contribution in [0.2, 0.25) is 0 Å². The highest BCUT2D eigenvalue weighted by Crippen LogP contribution is 2.47. The van der Waals surface area contributed by atoms with E-state index >= 15 is 0 Å². The Bertz CT molecular complexity index is 497. The molecule has 2 aliphatic rings. The highest BCUT2D eigenvalue weighted by atomic mass is 19.4. The molecule has 2 nitrogen and oxygen atoms in total. The van der Waals surface area contributed by atoms with Gasteiger partial charge in [0.15, 0.2) is 0 Å². The van der Waals surface area contributed by atoms with Crippen molar-refractivity contribution in [1.82, 2.24) is 10.2 Å². The van der Waals surface area contributed by atoms with Crippen LogP contribution < -0.4 is 5.32 Å². The van der Waals surface area contributed by atoms with Gasteiger partial charge in [0.1, 0.15) is 0 Å². The average Bonchev–Trinajstić information content (AvgIpc) is 3.20. The summed E-state index contributed by atoms with van der Waals surface area (Å²) in [6.07, 6.45) is -1.07. The third-order valence-electron chi connectivity index (χ3n) is 4.63. The molecule has 1 aliphatic heterocycles. The van der Waals surface area contributed by atoms with E-state index in [9.17, 15) is 13.2 Å². The van der Waals surface area contributed by atoms with Gasteiger partial charge in [-0.25, -0.2) is 0 Å². The van der Waals surface area contributed by atoms with E-state index in [1.807, 2.05) is 7.05 Å². The fourth-order valence-electron chi connectivity index (χ4n) is 3.62. The van der Waals surface area contributed by atoms with Crippen molar-refractivity contribution in [2.24, 2.45) is 5.92 Å². The molecule has 0 bridgehead atoms. The summed E-state index contributed by atoms with van der Waals surface area (Å²) in [7, 11) is 1.87. The summed E-state index contributed by atoms with van der Waals surface area (Å²) in [4.78, 5) is 2.30. The molecule has 1 aromatic carbocycles. The molecule has 0 spiro atoms. The molecule has 116 valence electrons. The third kappa shape index (κ3) is 2.94. The molecule has 0 radical (unpaired) electrons. The van der Waals surface area contributed by atoms with E-state index in [0.29, 0.717) is 11.6 Å². The van der Waals surface area contributed by atoms with Crippen LogP contribution in [0, 0.1) is 5.92 Å². The Kier molecular flexibility index (Phi) is 3.97. The van der Waals surface area contributed by atoms with E-state index < -0.39 is 11.7 Å². The maximum atomic E-state index is 13.3. The Hall–Kier alpha value is -1.07. The molecule has 5 heteroatoms. The van der Waals surface area contributed by atoms with Crippen LogP contribution in [0.25, 0.3) is 0 Å². The first-order valence-electron chi connectivity index (χ1n) is 7.59. The molecule has 21 heavy (non-hydrogen) atoms. The monoisotopic (exact) mass is 298 g/mol. The molecule has 2 fully saturated rings. The highest BCUT2D eigenvalue weighted by Gasteiger charge is 2.45. The fourth-order valence-corrected chi connectivity index (χ4v) is 3.62. The largest absolute Gasteiger partial charge is 0.416 e. The van der Waals surface area contributed by atoms with Crippen LogP contribution in [0.1, 0.15) is 36.4 Å². The average molecular weight is 298 g/mol. The molecule has 1 N–H and O–H groups in total. The SMILES string of the molecule is CNCC1CCN(C2CC2)C1c1ccccc1C(F)(F)F. The van der Waals surface area contributed by atoms with Crippen molar-refractivity contribution in [3.05, 3.63) is 35.4 Å². The van der Waals surface area contributed by atoms with Gasteiger partial charge in [0.2, 0.25) is 0 Å². The van der Waals surface area contributed by atoms with Crippen LogP contribution in [-0.2, 0) is 6.18 Å². The van der Waals surface area contributed by atoms with Gasteiger partial charge in [-0.05, 0) is 56.9 Å². The Labute approximate surface area is 123 Å². The molecule has 1 saturated heterocycles. The number of hydrogen-bond acceptors (Lipinski definition) is 2. The normalized spacial score (nSPS) is 27.2. The van der Waals surface area contributed by atoms with Gasteiger partial charge >= 0.3 is 6.18 Å². The first-order valence-corrected chi connectivity index (χ1v) is 7.59. The van der Waals surface area contributed by atoms with Gasteiger partial charge in [-0.3, -0.25) is 4.90 Å². The zero-order valence-corrected chi connectivity index (χ0v) is 12.2. The quantitative estimate of drug-likeness (QED) is 0.916. The van der Waals surface area contributed by atoms with Crippen LogP contribution in [0.15, 0.2) is 24.3 Å². The minimum Gasteiger partial charge on any atom is -0.319 e. The molecular weight excluding hydrogens is 277 g/mol. The molecular formula is C16H21F3N2. The van der Waals surface area contributed by atoms with E-state index in [1.54, 1.807) is 12.1 Å². The molecule has 1 heterocycles. The Balaban J connectivity index is 1.98. The van der Waals surface area contributed by atoms with Crippen LogP contribution in [0.5, 0.6) is 0 Å². The fraction of sp³-hybridized carbons (Fsp3) is 0.625. The Morgan fingerprint density at radius 2 is 1.90 bits per heavy atom. The van der Waals surface area contributed by atoms with E-state index in [4.69, 9.17) is 0 Å². The van der Waals surface area contributed by atoms with Gasteiger partial charge in [-0.15, -0.1) is 0 Å². The zero-order valence-electron chi connectivity index (χ0n) is 12.2. The lowest BCUT2D eigenvalue weighted by atomic mass is 9.90. The number of nitrogens with zero attached hydrogens (tertiary/aromatic N) is 1. The molecule has 2 atom stereocenters. The zero-order chi connectivity index (χ0) is 15.0. The van der Waals surface area contributed by atoms with Crippen molar-refractivity contribution in [2.45, 2.75) is 37.5 Å². The predicted octanol–water partition coefficient (Wildman–Crippen LogP) is 3.45. The van der Waals surface area contributed by atoms with Crippen LogP contribution >= 0.6 is 0 Å². The third-order valence-corrected chi connectivity index (χ3v) is 4.63. The predicted molar refractivity (Wildman–Crippen MR) is 75.9 cm³/mol. The number of likely N-dealkylation sites (tertiary alicyclic amines) is 1. The van der Waals surface area contributed by atoms with Crippen molar-refractivity contribution in [2.75, 3.05) is 20.1 Å². The Morgan fingerprint density at radius 1 is 1.19 bits per heavy atom. The van der Waals surface area contributed by atoms with Crippen LogP contribution in [0.4, 0.5) is 13.2 Å². The molecule has 1 aromatic rings. The molecule has 1 saturated carbocycles. The Morgan fingerprint density at radius 3 is 2.52 bits per heavy atom. The van der Waals surface area contributed by atoms with E-state index in [0.717, 1.165) is 32.4 Å². The van der Waals surface area contributed by atoms with Gasteiger partial charge < -0.3 is 5.32 Å². The van der Waals surface area contributed by atoms with Gasteiger partial charge in [0, 0.05) is 12.1 Å². The van der Waals surface area contributed by atoms with E-state index in [1.165, 1.54) is 12.1 Å². The second-order valence-corrected chi connectivity index (χ2v) is 6.11. The number of alkyl halides is 3. The maximum absolute atomic E-state index is 13.3. The lowest BCUT2D eigenvalue weighted by Gasteiger charge is -2.30. The molecule has 2 unspecified atom stereocenters. The lowest BCUT2D eigenvalue weighted by Crippen LogP contribution is -2.32. The van der Waals surface area contributed by atoms with Crippen LogP contribution in [0.3, 0.4) is 0 Å². The van der Waals surface area contributed by atoms with Crippen molar-refractivity contribution in [3.8, 4) is 0 Å². The lowest BCUT2D eigenvalue weighted by molar-refractivity contribution is -0.138. The number of hydrogen-bond donors (Lipinski definition) is 1. The van der Waals surface area contributed by atoms with Crippen molar-refractivity contribution >= 4 is 0 Å². The smallest absolute Gasteiger partial charge is 0.319 e. The second-order valence-electron chi connectivity index (χ2n) is 6.11. The summed E-state index contributed by atoms with van der Waals surface area (Å²) >= 11 is 0. The minimum absolute atomic E-state index is 0.109. The van der Waals surface area contributed by atoms with Crippen molar-refractivity contribution in [3.63, 3.8) is 0 Å². The number of benzene rings is 1. The van der Waals surface area contributed by atoms with E-state index in [-0.39, 0.29) is 12.0 Å². The number of rotatable bonds is 4. The molecule has 3 rings (SSSR count).